The van der Waals surface area contributed by atoms with Gasteiger partial charge < -0.3 is 34.6 Å². The smallest absolute Gasteiger partial charge is 0.407 e. The first-order valence-corrected chi connectivity index (χ1v) is 22.2. The summed E-state index contributed by atoms with van der Waals surface area (Å²) in [4.78, 5) is 34.8. The highest BCUT2D eigenvalue weighted by molar-refractivity contribution is 7.91. The molecule has 7 rings (SSSR count). The number of aryl methyl sites for hydroxylation is 1. The van der Waals surface area contributed by atoms with Gasteiger partial charge in [-0.15, -0.1) is 0 Å². The Labute approximate surface area is 355 Å². The van der Waals surface area contributed by atoms with Crippen LogP contribution in [-0.2, 0) is 31.5 Å². The number of likely N-dealkylation sites (tertiary alicyclic amines) is 1. The van der Waals surface area contributed by atoms with E-state index in [1.165, 1.54) is 49.6 Å². The minimum absolute atomic E-state index is 0.0224. The van der Waals surface area contributed by atoms with Crippen molar-refractivity contribution in [2.75, 3.05) is 64.1 Å². The SMILES string of the molecule is C=C(F)C(=O)Nc1cccc(S(=O)(=O)c2ccc(N3CC(CN4CCC(C(c5cccc(F)c5)([C@H]5CCC[C@@H]5NC(=O)OC)n5ccnc5C)CC4)C3)c(F)c2CN(C)C)c1. The number of hydrogen-bond acceptors (Lipinski definition) is 9. The van der Waals surface area contributed by atoms with Crippen molar-refractivity contribution < 1.29 is 35.9 Å². The molecule has 0 radical (unpaired) electrons. The third-order valence-corrected chi connectivity index (χ3v) is 14.5. The van der Waals surface area contributed by atoms with Crippen molar-refractivity contribution >= 4 is 33.2 Å². The molecule has 16 heteroatoms. The number of sulfone groups is 1. The van der Waals surface area contributed by atoms with E-state index in [9.17, 15) is 22.4 Å². The number of ether oxygens (including phenoxy) is 1. The Morgan fingerprint density at radius 3 is 2.41 bits per heavy atom. The number of alkyl carbamates (subject to hydrolysis) is 1. The van der Waals surface area contributed by atoms with Gasteiger partial charge in [-0.05, 0) is 114 Å². The highest BCUT2D eigenvalue weighted by Crippen LogP contribution is 2.52. The molecular weight excluding hydrogens is 808 g/mol. The fraction of sp³-hybridized carbons (Fsp3) is 0.444. The Kier molecular flexibility index (Phi) is 13.0. The van der Waals surface area contributed by atoms with E-state index >= 15 is 8.78 Å². The molecule has 61 heavy (non-hydrogen) atoms. The number of hydrogen-bond donors (Lipinski definition) is 2. The molecule has 4 aromatic rings. The van der Waals surface area contributed by atoms with Crippen LogP contribution >= 0.6 is 0 Å². The van der Waals surface area contributed by atoms with Crippen LogP contribution in [0.4, 0.5) is 29.3 Å². The second kappa shape index (κ2) is 18.0. The molecule has 0 bridgehead atoms. The number of carbonyl (C=O) groups excluding carboxylic acids is 2. The first-order valence-electron chi connectivity index (χ1n) is 20.7. The van der Waals surface area contributed by atoms with Crippen LogP contribution in [0.3, 0.4) is 0 Å². The van der Waals surface area contributed by atoms with Crippen LogP contribution in [0.25, 0.3) is 0 Å². The van der Waals surface area contributed by atoms with Crippen molar-refractivity contribution in [3.63, 3.8) is 0 Å². The summed E-state index contributed by atoms with van der Waals surface area (Å²) in [7, 11) is 0.575. The molecule has 1 saturated carbocycles. The number of anilines is 2. The van der Waals surface area contributed by atoms with Gasteiger partial charge in [0.1, 0.15) is 11.6 Å². The average molecular weight is 862 g/mol. The maximum absolute atomic E-state index is 16.5. The molecule has 3 aliphatic rings. The minimum Gasteiger partial charge on any atom is -0.453 e. The zero-order valence-corrected chi connectivity index (χ0v) is 35.9. The maximum atomic E-state index is 16.5. The summed E-state index contributed by atoms with van der Waals surface area (Å²) in [6.07, 6.45) is 7.47. The topological polar surface area (TPSA) is 129 Å². The summed E-state index contributed by atoms with van der Waals surface area (Å²) in [6.45, 7) is 8.55. The van der Waals surface area contributed by atoms with Gasteiger partial charge in [-0.3, -0.25) is 4.79 Å². The van der Waals surface area contributed by atoms with Gasteiger partial charge in [0.05, 0.1) is 28.1 Å². The third-order valence-electron chi connectivity index (χ3n) is 12.7. The van der Waals surface area contributed by atoms with Crippen LogP contribution < -0.4 is 15.5 Å². The molecule has 3 fully saturated rings. The molecule has 12 nitrogen and oxygen atoms in total. The van der Waals surface area contributed by atoms with Crippen molar-refractivity contribution in [1.82, 2.24) is 24.7 Å². The Morgan fingerprint density at radius 1 is 1.02 bits per heavy atom. The molecule has 1 unspecified atom stereocenters. The summed E-state index contributed by atoms with van der Waals surface area (Å²) >= 11 is 0. The molecule has 2 N–H and O–H groups in total. The maximum Gasteiger partial charge on any atom is 0.407 e. The van der Waals surface area contributed by atoms with Gasteiger partial charge in [-0.1, -0.05) is 31.2 Å². The molecule has 3 atom stereocenters. The molecule has 2 aliphatic heterocycles. The highest BCUT2D eigenvalue weighted by Gasteiger charge is 2.54. The lowest BCUT2D eigenvalue weighted by Crippen LogP contribution is -2.58. The van der Waals surface area contributed by atoms with E-state index in [2.05, 4.69) is 31.7 Å². The van der Waals surface area contributed by atoms with Gasteiger partial charge in [-0.25, -0.2) is 31.4 Å². The summed E-state index contributed by atoms with van der Waals surface area (Å²) in [6, 6.07) is 15.0. The van der Waals surface area contributed by atoms with Crippen molar-refractivity contribution in [3.05, 3.63) is 114 Å². The summed E-state index contributed by atoms with van der Waals surface area (Å²) in [5.74, 6) is -2.12. The van der Waals surface area contributed by atoms with Gasteiger partial charge in [0, 0.05) is 67.7 Å². The van der Waals surface area contributed by atoms with E-state index in [0.717, 1.165) is 63.1 Å². The molecule has 1 aromatic heterocycles. The molecular formula is C45H54F3N7O5S. The number of imidazole rings is 1. The lowest BCUT2D eigenvalue weighted by Gasteiger charge is -2.52. The van der Waals surface area contributed by atoms with E-state index in [0.29, 0.717) is 18.8 Å². The first kappa shape index (κ1) is 43.9. The van der Waals surface area contributed by atoms with E-state index in [4.69, 9.17) is 4.74 Å². The van der Waals surface area contributed by atoms with E-state index < -0.39 is 39.0 Å². The predicted molar refractivity (Wildman–Crippen MR) is 227 cm³/mol. The highest BCUT2D eigenvalue weighted by atomic mass is 32.2. The molecule has 2 saturated heterocycles. The Hall–Kier alpha value is -5.19. The predicted octanol–water partition coefficient (Wildman–Crippen LogP) is 6.90. The first-order chi connectivity index (χ1) is 29.1. The number of carbonyl (C=O) groups is 2. The second-order valence-electron chi connectivity index (χ2n) is 16.8. The summed E-state index contributed by atoms with van der Waals surface area (Å²) in [5, 5.41) is 5.39. The second-order valence-corrected chi connectivity index (χ2v) is 18.7. The molecule has 2 amide bonds. The van der Waals surface area contributed by atoms with Crippen LogP contribution in [0.5, 0.6) is 0 Å². The van der Waals surface area contributed by atoms with Gasteiger partial charge in [0.25, 0.3) is 5.91 Å². The normalized spacial score (nSPS) is 20.0. The quantitative estimate of drug-likeness (QED) is 0.130. The summed E-state index contributed by atoms with van der Waals surface area (Å²) in [5.41, 5.74) is 0.592. The molecule has 3 aromatic carbocycles. The lowest BCUT2D eigenvalue weighted by molar-refractivity contribution is -0.114. The van der Waals surface area contributed by atoms with Crippen molar-refractivity contribution in [2.45, 2.75) is 66.9 Å². The lowest BCUT2D eigenvalue weighted by atomic mass is 9.64. The van der Waals surface area contributed by atoms with Gasteiger partial charge >= 0.3 is 6.09 Å². The molecule has 0 spiro atoms. The van der Waals surface area contributed by atoms with Crippen LogP contribution in [0, 0.1) is 36.3 Å². The van der Waals surface area contributed by atoms with Gasteiger partial charge in [-0.2, -0.15) is 0 Å². The molecule has 1 aliphatic carbocycles. The number of benzene rings is 3. The monoisotopic (exact) mass is 861 g/mol. The molecule has 326 valence electrons. The average Bonchev–Trinajstić information content (AvgIpc) is 3.87. The summed E-state index contributed by atoms with van der Waals surface area (Å²) < 4.78 is 80.2. The van der Waals surface area contributed by atoms with Crippen LogP contribution in [0.15, 0.2) is 95.3 Å². The number of nitrogens with one attached hydrogen (secondary N) is 2. The number of piperidine rings is 1. The minimum atomic E-state index is -4.25. The van der Waals surface area contributed by atoms with Crippen LogP contribution in [-0.4, -0.2) is 99.7 Å². The number of halogens is 3. The van der Waals surface area contributed by atoms with Crippen molar-refractivity contribution in [3.8, 4) is 0 Å². The standard InChI is InChI=1S/C45H54F3N7O5S/c1-29(46)43(56)50-35-11-7-12-36(24-35)61(58,59)41-16-15-40(42(48)37(41)28-52(3)4)54-26-31(27-54)25-53-20-17-32(18-21-53)45(55-22-19-49-30(55)2,33-9-6-10-34(47)23-33)38-13-8-14-39(38)51-44(57)60-5/h6-7,9-12,15-16,19,22-24,31-32,38-39H,1,8,13-14,17-18,20-21,25-28H2,2-5H3,(H,50,56)(H,51,57)/t38-,39-,45?/m0/s1. The number of rotatable bonds is 14. The van der Waals surface area contributed by atoms with Crippen LogP contribution in [0.2, 0.25) is 0 Å². The Bertz CT molecular complexity index is 2380. The van der Waals surface area contributed by atoms with Gasteiger partial charge in [0.2, 0.25) is 9.84 Å². The van der Waals surface area contributed by atoms with Crippen molar-refractivity contribution in [2.24, 2.45) is 17.8 Å². The molecule has 3 heterocycles. The largest absolute Gasteiger partial charge is 0.453 e. The number of methoxy groups -OCH3 is 1. The number of amides is 2. The Balaban J connectivity index is 1.07. The van der Waals surface area contributed by atoms with E-state index in [1.807, 2.05) is 24.1 Å². The fourth-order valence-corrected chi connectivity index (χ4v) is 11.6. The van der Waals surface area contributed by atoms with Crippen LogP contribution in [0.1, 0.15) is 49.1 Å². The Morgan fingerprint density at radius 2 is 1.75 bits per heavy atom. The van der Waals surface area contributed by atoms with E-state index in [-0.39, 0.29) is 57.2 Å². The number of aromatic nitrogens is 2. The van der Waals surface area contributed by atoms with E-state index in [1.54, 1.807) is 37.3 Å². The van der Waals surface area contributed by atoms with Crippen molar-refractivity contribution in [1.29, 1.82) is 0 Å². The fourth-order valence-electron chi connectivity index (χ4n) is 10.1. The third kappa shape index (κ3) is 8.80. The zero-order valence-electron chi connectivity index (χ0n) is 35.0. The zero-order chi connectivity index (χ0) is 43.6. The van der Waals surface area contributed by atoms with Gasteiger partial charge in [0.15, 0.2) is 11.6 Å². The number of nitrogens with zero attached hydrogens (tertiary/aromatic N) is 5.